The molecule has 2 rings (SSSR count). The van der Waals surface area contributed by atoms with Gasteiger partial charge in [0.25, 0.3) is 0 Å². The van der Waals surface area contributed by atoms with Gasteiger partial charge < -0.3 is 14.9 Å². The number of aliphatic carboxylic acids is 1. The van der Waals surface area contributed by atoms with Crippen LogP contribution in [-0.2, 0) is 4.79 Å². The summed E-state index contributed by atoms with van der Waals surface area (Å²) in [6, 6.07) is 0.656. The summed E-state index contributed by atoms with van der Waals surface area (Å²) in [5.74, 6) is -1.20. The smallest absolute Gasteiger partial charge is 0.320 e. The van der Waals surface area contributed by atoms with Gasteiger partial charge in [-0.15, -0.1) is 0 Å². The molecule has 2 fully saturated rings. The zero-order valence-electron chi connectivity index (χ0n) is 12.7. The number of rotatable bonds is 1. The molecule has 1 N–H and O–H groups in total. The summed E-state index contributed by atoms with van der Waals surface area (Å²) >= 11 is 0. The van der Waals surface area contributed by atoms with Gasteiger partial charge in [0.05, 0.1) is 5.92 Å². The van der Waals surface area contributed by atoms with Gasteiger partial charge in [-0.2, -0.15) is 0 Å². The zero-order chi connectivity index (χ0) is 15.0. The lowest BCUT2D eigenvalue weighted by molar-refractivity contribution is -0.142. The van der Waals surface area contributed by atoms with Crippen LogP contribution in [0.5, 0.6) is 0 Å². The Morgan fingerprint density at radius 3 is 1.90 bits per heavy atom. The van der Waals surface area contributed by atoms with E-state index in [4.69, 9.17) is 5.11 Å². The summed E-state index contributed by atoms with van der Waals surface area (Å²) in [7, 11) is 2.08. The van der Waals surface area contributed by atoms with E-state index in [0.717, 1.165) is 0 Å². The number of hydrogen-bond donors (Lipinski definition) is 1. The van der Waals surface area contributed by atoms with Gasteiger partial charge in [-0.25, -0.2) is 4.79 Å². The fourth-order valence-corrected chi connectivity index (χ4v) is 3.21. The highest BCUT2D eigenvalue weighted by molar-refractivity contribution is 5.78. The summed E-state index contributed by atoms with van der Waals surface area (Å²) < 4.78 is 0. The van der Waals surface area contributed by atoms with E-state index in [1.54, 1.807) is 4.90 Å². The predicted molar refractivity (Wildman–Crippen MR) is 75.5 cm³/mol. The normalized spacial score (nSPS) is 35.4. The van der Waals surface area contributed by atoms with Gasteiger partial charge in [-0.05, 0) is 26.8 Å². The number of nitrogens with zero attached hydrogens (tertiary/aromatic N) is 3. The largest absolute Gasteiger partial charge is 0.481 e. The lowest BCUT2D eigenvalue weighted by atomic mass is 9.99. The first-order chi connectivity index (χ1) is 9.31. The minimum absolute atomic E-state index is 0.00704. The third-order valence-corrected chi connectivity index (χ3v) is 4.83. The Kier molecular flexibility index (Phi) is 4.22. The van der Waals surface area contributed by atoms with Crippen LogP contribution in [0.25, 0.3) is 0 Å². The predicted octanol–water partition coefficient (Wildman–Crippen LogP) is 0.783. The van der Waals surface area contributed by atoms with E-state index in [-0.39, 0.29) is 11.9 Å². The van der Waals surface area contributed by atoms with Crippen molar-refractivity contribution in [3.63, 3.8) is 0 Å². The van der Waals surface area contributed by atoms with Gasteiger partial charge in [0.2, 0.25) is 0 Å². The highest BCUT2D eigenvalue weighted by Crippen LogP contribution is 2.25. The molecule has 114 valence electrons. The van der Waals surface area contributed by atoms with Crippen LogP contribution in [-0.4, -0.2) is 77.1 Å². The van der Waals surface area contributed by atoms with Gasteiger partial charge in [-0.3, -0.25) is 9.69 Å². The Bertz CT molecular complexity index is 389. The second kappa shape index (κ2) is 5.60. The topological polar surface area (TPSA) is 64.1 Å². The molecule has 0 aromatic carbocycles. The maximum Gasteiger partial charge on any atom is 0.320 e. The summed E-state index contributed by atoms with van der Waals surface area (Å²) in [5.41, 5.74) is 0. The van der Waals surface area contributed by atoms with Gasteiger partial charge in [-0.1, -0.05) is 6.92 Å². The van der Waals surface area contributed by atoms with Crippen molar-refractivity contribution < 1.29 is 14.7 Å². The Hall–Kier alpha value is -1.30. The average Bonchev–Trinajstić information content (AvgIpc) is 2.76. The molecule has 0 radical (unpaired) electrons. The van der Waals surface area contributed by atoms with E-state index in [2.05, 4.69) is 25.8 Å². The molecule has 2 saturated heterocycles. The van der Waals surface area contributed by atoms with E-state index in [1.165, 1.54) is 0 Å². The number of carbonyl (C=O) groups is 2. The maximum atomic E-state index is 12.6. The van der Waals surface area contributed by atoms with Crippen LogP contribution in [0, 0.1) is 11.8 Å². The average molecular weight is 283 g/mol. The molecule has 2 heterocycles. The van der Waals surface area contributed by atoms with Gasteiger partial charge in [0, 0.05) is 38.3 Å². The number of likely N-dealkylation sites (N-methyl/N-ethyl adjacent to an activating group) is 1. The third-order valence-electron chi connectivity index (χ3n) is 4.83. The quantitative estimate of drug-likeness (QED) is 0.772. The number of piperazine rings is 1. The van der Waals surface area contributed by atoms with Crippen LogP contribution in [0.15, 0.2) is 0 Å². The molecule has 0 bridgehead atoms. The molecule has 6 nitrogen and oxygen atoms in total. The molecular formula is C14H25N3O3. The van der Waals surface area contributed by atoms with E-state index >= 15 is 0 Å². The number of hydrogen-bond acceptors (Lipinski definition) is 3. The number of amides is 2. The first-order valence-corrected chi connectivity index (χ1v) is 7.29. The molecule has 6 heteroatoms. The van der Waals surface area contributed by atoms with Gasteiger partial charge >= 0.3 is 12.0 Å². The van der Waals surface area contributed by atoms with Crippen molar-refractivity contribution in [2.75, 3.05) is 33.2 Å². The van der Waals surface area contributed by atoms with E-state index < -0.39 is 11.9 Å². The van der Waals surface area contributed by atoms with Crippen molar-refractivity contribution >= 4 is 12.0 Å². The molecule has 4 atom stereocenters. The minimum atomic E-state index is -0.798. The van der Waals surface area contributed by atoms with Crippen molar-refractivity contribution in [1.82, 2.24) is 14.7 Å². The Balaban J connectivity index is 2.00. The van der Waals surface area contributed by atoms with Crippen LogP contribution in [0.1, 0.15) is 20.8 Å². The number of carboxylic acid groups (broad SMARTS) is 1. The third kappa shape index (κ3) is 2.75. The number of carbonyl (C=O) groups excluding carboxylic acids is 1. The Morgan fingerprint density at radius 2 is 1.45 bits per heavy atom. The summed E-state index contributed by atoms with van der Waals surface area (Å²) in [4.78, 5) is 29.5. The second-order valence-corrected chi connectivity index (χ2v) is 6.38. The van der Waals surface area contributed by atoms with Crippen molar-refractivity contribution in [1.29, 1.82) is 0 Å². The maximum absolute atomic E-state index is 12.6. The molecule has 0 spiro atoms. The van der Waals surface area contributed by atoms with Crippen LogP contribution in [0.2, 0.25) is 0 Å². The van der Waals surface area contributed by atoms with E-state index in [0.29, 0.717) is 38.3 Å². The Morgan fingerprint density at radius 1 is 0.950 bits per heavy atom. The van der Waals surface area contributed by atoms with Crippen LogP contribution >= 0.6 is 0 Å². The molecule has 2 aliphatic rings. The summed E-state index contributed by atoms with van der Waals surface area (Å²) in [6.07, 6.45) is 0. The van der Waals surface area contributed by atoms with Crippen molar-refractivity contribution in [2.24, 2.45) is 11.8 Å². The molecular weight excluding hydrogens is 258 g/mol. The Labute approximate surface area is 120 Å². The molecule has 0 saturated carbocycles. The van der Waals surface area contributed by atoms with Gasteiger partial charge in [0.15, 0.2) is 0 Å². The van der Waals surface area contributed by atoms with Crippen molar-refractivity contribution in [3.8, 4) is 0 Å². The summed E-state index contributed by atoms with van der Waals surface area (Å²) in [6.45, 7) is 8.44. The lowest BCUT2D eigenvalue weighted by Crippen LogP contribution is -2.58. The lowest BCUT2D eigenvalue weighted by Gasteiger charge is -2.43. The molecule has 0 aromatic heterocycles. The number of urea groups is 1. The second-order valence-electron chi connectivity index (χ2n) is 6.38. The van der Waals surface area contributed by atoms with Crippen LogP contribution in [0.3, 0.4) is 0 Å². The summed E-state index contributed by atoms with van der Waals surface area (Å²) in [5, 5.41) is 9.15. The van der Waals surface area contributed by atoms with Crippen LogP contribution < -0.4 is 0 Å². The van der Waals surface area contributed by atoms with Crippen molar-refractivity contribution in [2.45, 2.75) is 32.9 Å². The number of likely N-dealkylation sites (tertiary alicyclic amines) is 1. The van der Waals surface area contributed by atoms with Crippen LogP contribution in [0.4, 0.5) is 4.79 Å². The SMILES string of the molecule is CC1CN(C(=O)N2CC(C)N(C)C(C)C2)CC1C(=O)O. The molecule has 0 aliphatic carbocycles. The molecule has 0 aromatic rings. The highest BCUT2D eigenvalue weighted by atomic mass is 16.4. The molecule has 2 aliphatic heterocycles. The van der Waals surface area contributed by atoms with Crippen molar-refractivity contribution in [3.05, 3.63) is 0 Å². The van der Waals surface area contributed by atoms with Gasteiger partial charge in [0.1, 0.15) is 0 Å². The zero-order valence-corrected chi connectivity index (χ0v) is 12.7. The minimum Gasteiger partial charge on any atom is -0.481 e. The first kappa shape index (κ1) is 15.1. The highest BCUT2D eigenvalue weighted by Gasteiger charge is 2.40. The van der Waals surface area contributed by atoms with E-state index in [9.17, 15) is 9.59 Å². The number of carboxylic acids is 1. The monoisotopic (exact) mass is 283 g/mol. The molecule has 20 heavy (non-hydrogen) atoms. The standard InChI is InChI=1S/C14H25N3O3/c1-9-5-16(8-12(9)13(18)19)14(20)17-6-10(2)15(4)11(3)7-17/h9-12H,5-8H2,1-4H3,(H,18,19). The van der Waals surface area contributed by atoms with E-state index in [1.807, 2.05) is 11.8 Å². The first-order valence-electron chi connectivity index (χ1n) is 7.29. The fraction of sp³-hybridized carbons (Fsp3) is 0.857. The molecule has 2 amide bonds. The fourth-order valence-electron chi connectivity index (χ4n) is 3.21. The molecule has 4 unspecified atom stereocenters.